The smallest absolute Gasteiger partial charge is 0.240 e. The average molecular weight is 349 g/mol. The van der Waals surface area contributed by atoms with Gasteiger partial charge in [-0.3, -0.25) is 0 Å². The van der Waals surface area contributed by atoms with Crippen LogP contribution in [0, 0.1) is 5.92 Å². The average Bonchev–Trinajstić information content (AvgIpc) is 2.76. The molecule has 1 aromatic rings. The van der Waals surface area contributed by atoms with E-state index >= 15 is 0 Å². The van der Waals surface area contributed by atoms with E-state index in [-0.39, 0.29) is 16.9 Å². The fraction of sp³-hybridized carbons (Fsp3) is 0.500. The molecule has 0 heterocycles. The van der Waals surface area contributed by atoms with Crippen LogP contribution in [0.1, 0.15) is 19.3 Å². The van der Waals surface area contributed by atoms with Gasteiger partial charge in [-0.25, -0.2) is 13.1 Å². The minimum absolute atomic E-state index is 0.159. The number of aliphatic hydroxyl groups is 1. The molecule has 19 heavy (non-hydrogen) atoms. The molecule has 1 fully saturated rings. The third-order valence-electron chi connectivity index (χ3n) is 3.35. The molecule has 106 valence electrons. The second-order valence-electron chi connectivity index (χ2n) is 4.87. The van der Waals surface area contributed by atoms with E-state index in [1.165, 1.54) is 12.1 Å². The number of sulfonamides is 1. The zero-order chi connectivity index (χ0) is 14.0. The number of nitrogens with two attached hydrogens (primary N) is 1. The van der Waals surface area contributed by atoms with Crippen LogP contribution in [0.15, 0.2) is 27.6 Å². The van der Waals surface area contributed by atoms with Gasteiger partial charge in [0.1, 0.15) is 0 Å². The lowest BCUT2D eigenvalue weighted by atomic mass is 10.1. The van der Waals surface area contributed by atoms with Gasteiger partial charge in [0.15, 0.2) is 0 Å². The molecular weight excluding hydrogens is 332 g/mol. The van der Waals surface area contributed by atoms with Crippen molar-refractivity contribution >= 4 is 31.6 Å². The van der Waals surface area contributed by atoms with Crippen molar-refractivity contribution in [1.82, 2.24) is 4.72 Å². The van der Waals surface area contributed by atoms with Crippen LogP contribution >= 0.6 is 15.9 Å². The molecule has 0 amide bonds. The minimum atomic E-state index is -3.54. The molecule has 5 nitrogen and oxygen atoms in total. The monoisotopic (exact) mass is 348 g/mol. The first-order chi connectivity index (χ1) is 8.88. The van der Waals surface area contributed by atoms with E-state index in [2.05, 4.69) is 20.7 Å². The van der Waals surface area contributed by atoms with Crippen molar-refractivity contribution in [1.29, 1.82) is 0 Å². The number of aliphatic hydroxyl groups excluding tert-OH is 1. The largest absolute Gasteiger partial charge is 0.398 e. The summed E-state index contributed by atoms with van der Waals surface area (Å²) < 4.78 is 27.4. The molecular formula is C12H17BrN2O3S. The van der Waals surface area contributed by atoms with Crippen LogP contribution in [0.5, 0.6) is 0 Å². The zero-order valence-corrected chi connectivity index (χ0v) is 12.7. The van der Waals surface area contributed by atoms with E-state index in [9.17, 15) is 13.5 Å². The van der Waals surface area contributed by atoms with Gasteiger partial charge in [-0.15, -0.1) is 0 Å². The lowest BCUT2D eigenvalue weighted by Crippen LogP contribution is -2.28. The zero-order valence-electron chi connectivity index (χ0n) is 10.3. The maximum Gasteiger partial charge on any atom is 0.240 e. The number of nitrogen functional groups attached to an aromatic ring is 1. The number of hydrogen-bond acceptors (Lipinski definition) is 4. The molecule has 0 aromatic heterocycles. The van der Waals surface area contributed by atoms with Crippen LogP contribution in [0.25, 0.3) is 0 Å². The number of anilines is 1. The van der Waals surface area contributed by atoms with Crippen molar-refractivity contribution < 1.29 is 13.5 Å². The van der Waals surface area contributed by atoms with E-state index in [4.69, 9.17) is 5.73 Å². The van der Waals surface area contributed by atoms with Crippen molar-refractivity contribution in [2.24, 2.45) is 5.92 Å². The Morgan fingerprint density at radius 2 is 2.16 bits per heavy atom. The lowest BCUT2D eigenvalue weighted by molar-refractivity contribution is 0.178. The molecule has 1 aliphatic rings. The second-order valence-corrected chi connectivity index (χ2v) is 7.49. The Morgan fingerprint density at radius 1 is 1.42 bits per heavy atom. The predicted octanol–water partition coefficient (Wildman–Crippen LogP) is 1.47. The first kappa shape index (κ1) is 14.8. The Labute approximate surface area is 121 Å². The number of rotatable bonds is 4. The molecule has 0 spiro atoms. The maximum atomic E-state index is 12.1. The SMILES string of the molecule is Nc1cc(S(=O)(=O)NCC2CCC(O)C2)ccc1Br. The molecule has 0 saturated heterocycles. The summed E-state index contributed by atoms with van der Waals surface area (Å²) in [5.41, 5.74) is 6.07. The summed E-state index contributed by atoms with van der Waals surface area (Å²) in [4.78, 5) is 0.159. The lowest BCUT2D eigenvalue weighted by Gasteiger charge is -2.12. The fourth-order valence-electron chi connectivity index (χ4n) is 2.23. The van der Waals surface area contributed by atoms with Crippen molar-refractivity contribution in [3.05, 3.63) is 22.7 Å². The molecule has 1 aromatic carbocycles. The Morgan fingerprint density at radius 3 is 2.74 bits per heavy atom. The van der Waals surface area contributed by atoms with Crippen LogP contribution in [0.3, 0.4) is 0 Å². The number of halogens is 1. The van der Waals surface area contributed by atoms with Crippen LogP contribution in [-0.2, 0) is 10.0 Å². The third-order valence-corrected chi connectivity index (χ3v) is 5.50. The van der Waals surface area contributed by atoms with Gasteiger partial charge in [0.25, 0.3) is 0 Å². The molecule has 0 aliphatic heterocycles. The molecule has 0 radical (unpaired) electrons. The highest BCUT2D eigenvalue weighted by Gasteiger charge is 2.24. The Bertz CT molecular complexity index is 562. The van der Waals surface area contributed by atoms with Crippen LogP contribution in [-0.4, -0.2) is 26.2 Å². The van der Waals surface area contributed by atoms with Gasteiger partial charge in [-0.1, -0.05) is 0 Å². The Hall–Kier alpha value is -0.630. The molecule has 1 aliphatic carbocycles. The summed E-state index contributed by atoms with van der Waals surface area (Å²) in [5, 5.41) is 9.41. The standard InChI is InChI=1S/C12H17BrN2O3S/c13-11-4-3-10(6-12(11)14)19(17,18)15-7-8-1-2-9(16)5-8/h3-4,6,8-9,15-16H,1-2,5,7,14H2. The normalized spacial score (nSPS) is 23.7. The molecule has 7 heteroatoms. The van der Waals surface area contributed by atoms with Crippen LogP contribution in [0.4, 0.5) is 5.69 Å². The number of hydrogen-bond donors (Lipinski definition) is 3. The Balaban J connectivity index is 2.03. The summed E-state index contributed by atoms with van der Waals surface area (Å²) in [7, 11) is -3.54. The van der Waals surface area contributed by atoms with Crippen LogP contribution < -0.4 is 10.5 Å². The van der Waals surface area contributed by atoms with Crippen molar-refractivity contribution in [2.75, 3.05) is 12.3 Å². The van der Waals surface area contributed by atoms with Crippen molar-refractivity contribution in [3.8, 4) is 0 Å². The summed E-state index contributed by atoms with van der Waals surface area (Å²) >= 11 is 3.23. The molecule has 4 N–H and O–H groups in total. The van der Waals surface area contributed by atoms with Crippen molar-refractivity contribution in [2.45, 2.75) is 30.3 Å². The van der Waals surface area contributed by atoms with E-state index < -0.39 is 10.0 Å². The van der Waals surface area contributed by atoms with E-state index in [0.29, 0.717) is 23.1 Å². The first-order valence-electron chi connectivity index (χ1n) is 6.11. The number of nitrogens with one attached hydrogen (secondary N) is 1. The highest BCUT2D eigenvalue weighted by atomic mass is 79.9. The summed E-state index contributed by atoms with van der Waals surface area (Å²) in [5.74, 6) is 0.206. The van der Waals surface area contributed by atoms with Gasteiger partial charge in [0, 0.05) is 16.7 Å². The topological polar surface area (TPSA) is 92.4 Å². The third kappa shape index (κ3) is 3.68. The summed E-state index contributed by atoms with van der Waals surface area (Å²) in [6.07, 6.45) is 1.97. The van der Waals surface area contributed by atoms with E-state index in [0.717, 1.165) is 12.8 Å². The molecule has 2 atom stereocenters. The van der Waals surface area contributed by atoms with E-state index in [1.54, 1.807) is 6.07 Å². The van der Waals surface area contributed by atoms with Gasteiger partial charge in [0.05, 0.1) is 11.0 Å². The maximum absolute atomic E-state index is 12.1. The molecule has 0 bridgehead atoms. The summed E-state index contributed by atoms with van der Waals surface area (Å²) in [6.45, 7) is 0.357. The quantitative estimate of drug-likeness (QED) is 0.718. The van der Waals surface area contributed by atoms with E-state index in [1.807, 2.05) is 0 Å². The fourth-order valence-corrected chi connectivity index (χ4v) is 3.63. The highest BCUT2D eigenvalue weighted by Crippen LogP contribution is 2.26. The van der Waals surface area contributed by atoms with Gasteiger partial charge < -0.3 is 10.8 Å². The summed E-state index contributed by atoms with van der Waals surface area (Å²) in [6, 6.07) is 4.55. The Kier molecular flexibility index (Phi) is 4.50. The predicted molar refractivity (Wildman–Crippen MR) is 77.1 cm³/mol. The second kappa shape index (κ2) is 5.78. The van der Waals surface area contributed by atoms with Crippen LogP contribution in [0.2, 0.25) is 0 Å². The molecule has 1 saturated carbocycles. The van der Waals surface area contributed by atoms with Gasteiger partial charge in [-0.05, 0) is 59.3 Å². The number of benzene rings is 1. The van der Waals surface area contributed by atoms with Gasteiger partial charge in [-0.2, -0.15) is 0 Å². The molecule has 2 rings (SSSR count). The molecule has 2 unspecified atom stereocenters. The van der Waals surface area contributed by atoms with Gasteiger partial charge >= 0.3 is 0 Å². The van der Waals surface area contributed by atoms with Gasteiger partial charge in [0.2, 0.25) is 10.0 Å². The highest BCUT2D eigenvalue weighted by molar-refractivity contribution is 9.10. The minimum Gasteiger partial charge on any atom is -0.398 e. The van der Waals surface area contributed by atoms with Crippen molar-refractivity contribution in [3.63, 3.8) is 0 Å². The first-order valence-corrected chi connectivity index (χ1v) is 8.39.